The van der Waals surface area contributed by atoms with E-state index in [4.69, 9.17) is 10.3 Å². The molecule has 0 spiro atoms. The highest BCUT2D eigenvalue weighted by Gasteiger charge is 2.28. The van der Waals surface area contributed by atoms with Gasteiger partial charge in [-0.15, -0.1) is 0 Å². The fourth-order valence-electron chi connectivity index (χ4n) is 4.73. The summed E-state index contributed by atoms with van der Waals surface area (Å²) in [5, 5.41) is 10.0. The first-order valence-corrected chi connectivity index (χ1v) is 12.1. The largest absolute Gasteiger partial charge is 0.380 e. The highest BCUT2D eigenvalue weighted by molar-refractivity contribution is 5.89. The topological polar surface area (TPSA) is 113 Å². The minimum absolute atomic E-state index is 0.0115. The van der Waals surface area contributed by atoms with Crippen LogP contribution in [-0.2, 0) is 22.6 Å². The standard InChI is InChI=1S/C26H31F2N5O3/c1-15-4-3-5-16(2)33(15)14-24(34)31-22(11-17-7-9-20(27)21(28)10-17)26(35)30-13-18-6-8-19-23(12-18)36-32-25(19)29/h6-10,12,15-16,22H,3-5,11,13-14H2,1-2H3,(H2,29,32)(H,30,35)(H,31,34). The first-order chi connectivity index (χ1) is 17.2. The lowest BCUT2D eigenvalue weighted by molar-refractivity contribution is -0.130. The first-order valence-electron chi connectivity index (χ1n) is 12.1. The molecule has 192 valence electrons. The monoisotopic (exact) mass is 499 g/mol. The Morgan fingerprint density at radius 1 is 1.11 bits per heavy atom. The minimum Gasteiger partial charge on any atom is -0.380 e. The van der Waals surface area contributed by atoms with E-state index in [1.807, 2.05) is 0 Å². The molecule has 36 heavy (non-hydrogen) atoms. The predicted octanol–water partition coefficient (Wildman–Crippen LogP) is 3.29. The molecule has 8 nitrogen and oxygen atoms in total. The Balaban J connectivity index is 1.46. The van der Waals surface area contributed by atoms with E-state index in [1.54, 1.807) is 18.2 Å². The maximum atomic E-state index is 13.8. The summed E-state index contributed by atoms with van der Waals surface area (Å²) in [6.45, 7) is 4.51. The Bertz CT molecular complexity index is 1240. The average molecular weight is 500 g/mol. The lowest BCUT2D eigenvalue weighted by atomic mass is 9.97. The number of piperidine rings is 1. The highest BCUT2D eigenvalue weighted by Crippen LogP contribution is 2.22. The summed E-state index contributed by atoms with van der Waals surface area (Å²) in [6, 6.07) is 8.28. The van der Waals surface area contributed by atoms with Gasteiger partial charge in [-0.3, -0.25) is 14.5 Å². The molecule has 2 heterocycles. The van der Waals surface area contributed by atoms with Crippen molar-refractivity contribution in [2.24, 2.45) is 0 Å². The van der Waals surface area contributed by atoms with Gasteiger partial charge in [0.15, 0.2) is 23.0 Å². The number of amides is 2. The second kappa shape index (κ2) is 11.0. The first kappa shape index (κ1) is 25.6. The maximum absolute atomic E-state index is 13.8. The molecular weight excluding hydrogens is 468 g/mol. The lowest BCUT2D eigenvalue weighted by Gasteiger charge is -2.38. The van der Waals surface area contributed by atoms with Crippen molar-refractivity contribution in [3.8, 4) is 0 Å². The van der Waals surface area contributed by atoms with Gasteiger partial charge in [-0.05, 0) is 62.1 Å². The number of carbonyl (C=O) groups is 2. The number of likely N-dealkylation sites (tertiary alicyclic amines) is 1. The van der Waals surface area contributed by atoms with E-state index in [9.17, 15) is 18.4 Å². The zero-order valence-corrected chi connectivity index (χ0v) is 20.4. The van der Waals surface area contributed by atoms with Crippen LogP contribution in [0.15, 0.2) is 40.9 Å². The number of nitrogens with one attached hydrogen (secondary N) is 2. The Morgan fingerprint density at radius 3 is 2.56 bits per heavy atom. The molecular formula is C26H31F2N5O3. The zero-order valence-electron chi connectivity index (χ0n) is 20.4. The van der Waals surface area contributed by atoms with E-state index in [2.05, 4.69) is 34.5 Å². The third-order valence-corrected chi connectivity index (χ3v) is 6.81. The molecule has 1 aliphatic heterocycles. The number of aromatic nitrogens is 1. The number of nitrogen functional groups attached to an aromatic ring is 1. The molecule has 0 saturated carbocycles. The van der Waals surface area contributed by atoms with E-state index < -0.39 is 23.6 Å². The van der Waals surface area contributed by atoms with Gasteiger partial charge in [0.05, 0.1) is 11.9 Å². The SMILES string of the molecule is CC1CCCC(C)N1CC(=O)NC(Cc1ccc(F)c(F)c1)C(=O)NCc1ccc2c(N)noc2c1. The van der Waals surface area contributed by atoms with Crippen molar-refractivity contribution in [1.29, 1.82) is 0 Å². The van der Waals surface area contributed by atoms with Crippen molar-refractivity contribution in [3.63, 3.8) is 0 Å². The number of nitrogens with two attached hydrogens (primary N) is 1. The van der Waals surface area contributed by atoms with Crippen LogP contribution in [0.3, 0.4) is 0 Å². The van der Waals surface area contributed by atoms with E-state index in [-0.39, 0.29) is 43.3 Å². The maximum Gasteiger partial charge on any atom is 0.243 e. The van der Waals surface area contributed by atoms with Crippen LogP contribution in [0.25, 0.3) is 11.0 Å². The fourth-order valence-corrected chi connectivity index (χ4v) is 4.73. The quantitative estimate of drug-likeness (QED) is 0.438. The second-order valence-electron chi connectivity index (χ2n) is 9.49. The van der Waals surface area contributed by atoms with Crippen molar-refractivity contribution < 1.29 is 22.9 Å². The second-order valence-corrected chi connectivity index (χ2v) is 9.49. The number of hydrogen-bond donors (Lipinski definition) is 3. The normalized spacial score (nSPS) is 19.2. The number of fused-ring (bicyclic) bond motifs is 1. The Kier molecular flexibility index (Phi) is 7.83. The van der Waals surface area contributed by atoms with Crippen LogP contribution >= 0.6 is 0 Å². The third-order valence-electron chi connectivity index (χ3n) is 6.81. The summed E-state index contributed by atoms with van der Waals surface area (Å²) in [4.78, 5) is 28.2. The molecule has 4 rings (SSSR count). The van der Waals surface area contributed by atoms with Crippen LogP contribution in [0.4, 0.5) is 14.6 Å². The summed E-state index contributed by atoms with van der Waals surface area (Å²) in [5.41, 5.74) is 7.39. The number of benzene rings is 2. The zero-order chi connectivity index (χ0) is 25.8. The lowest BCUT2D eigenvalue weighted by Crippen LogP contribution is -2.53. The summed E-state index contributed by atoms with van der Waals surface area (Å²) in [6.07, 6.45) is 3.15. The molecule has 0 bridgehead atoms. The fraction of sp³-hybridized carbons (Fsp3) is 0.423. The molecule has 3 unspecified atom stereocenters. The Hall–Kier alpha value is -3.53. The van der Waals surface area contributed by atoms with Gasteiger partial charge in [-0.25, -0.2) is 8.78 Å². The third kappa shape index (κ3) is 5.99. The molecule has 0 aliphatic carbocycles. The number of anilines is 1. The summed E-state index contributed by atoms with van der Waals surface area (Å²) in [5.74, 6) is -2.43. The number of rotatable bonds is 8. The van der Waals surface area contributed by atoms with E-state index in [0.717, 1.165) is 37.0 Å². The summed E-state index contributed by atoms with van der Waals surface area (Å²) < 4.78 is 32.4. The molecule has 2 amide bonds. The molecule has 1 aliphatic rings. The molecule has 2 aromatic carbocycles. The molecule has 10 heteroatoms. The van der Waals surface area contributed by atoms with Gasteiger partial charge in [0.2, 0.25) is 11.8 Å². The number of carbonyl (C=O) groups excluding carboxylic acids is 2. The smallest absolute Gasteiger partial charge is 0.243 e. The van der Waals surface area contributed by atoms with Crippen LogP contribution in [0, 0.1) is 11.6 Å². The van der Waals surface area contributed by atoms with Crippen LogP contribution in [-0.4, -0.2) is 46.5 Å². The highest BCUT2D eigenvalue weighted by atomic mass is 19.2. The van der Waals surface area contributed by atoms with Gasteiger partial charge < -0.3 is 20.9 Å². The van der Waals surface area contributed by atoms with Crippen molar-refractivity contribution >= 4 is 28.6 Å². The van der Waals surface area contributed by atoms with Crippen LogP contribution < -0.4 is 16.4 Å². The molecule has 4 N–H and O–H groups in total. The van der Waals surface area contributed by atoms with Crippen LogP contribution in [0.1, 0.15) is 44.2 Å². The molecule has 0 radical (unpaired) electrons. The van der Waals surface area contributed by atoms with Gasteiger partial charge in [0, 0.05) is 25.0 Å². The average Bonchev–Trinajstić information content (AvgIpc) is 3.22. The molecule has 1 saturated heterocycles. The van der Waals surface area contributed by atoms with Gasteiger partial charge >= 0.3 is 0 Å². The molecule has 1 fully saturated rings. The van der Waals surface area contributed by atoms with Crippen molar-refractivity contribution in [1.82, 2.24) is 20.7 Å². The molecule has 3 atom stereocenters. The molecule has 1 aromatic heterocycles. The van der Waals surface area contributed by atoms with Crippen LogP contribution in [0.2, 0.25) is 0 Å². The van der Waals surface area contributed by atoms with Gasteiger partial charge in [-0.2, -0.15) is 0 Å². The van der Waals surface area contributed by atoms with Gasteiger partial charge in [0.1, 0.15) is 6.04 Å². The van der Waals surface area contributed by atoms with Crippen molar-refractivity contribution in [3.05, 3.63) is 59.2 Å². The van der Waals surface area contributed by atoms with Gasteiger partial charge in [0.25, 0.3) is 0 Å². The predicted molar refractivity (Wildman–Crippen MR) is 132 cm³/mol. The van der Waals surface area contributed by atoms with E-state index >= 15 is 0 Å². The van der Waals surface area contributed by atoms with Crippen LogP contribution in [0.5, 0.6) is 0 Å². The van der Waals surface area contributed by atoms with Crippen molar-refractivity contribution in [2.75, 3.05) is 12.3 Å². The number of nitrogens with zero attached hydrogens (tertiary/aromatic N) is 2. The Labute approximate surface area is 208 Å². The van der Waals surface area contributed by atoms with Crippen molar-refractivity contribution in [2.45, 2.75) is 64.2 Å². The van der Waals surface area contributed by atoms with E-state index in [0.29, 0.717) is 16.5 Å². The minimum atomic E-state index is -1.01. The number of hydrogen-bond acceptors (Lipinski definition) is 6. The summed E-state index contributed by atoms with van der Waals surface area (Å²) >= 11 is 0. The van der Waals surface area contributed by atoms with E-state index in [1.165, 1.54) is 6.07 Å². The summed E-state index contributed by atoms with van der Waals surface area (Å²) in [7, 11) is 0. The Morgan fingerprint density at radius 2 is 1.83 bits per heavy atom. The van der Waals surface area contributed by atoms with Gasteiger partial charge in [-0.1, -0.05) is 23.7 Å². The molecule has 3 aromatic rings. The number of halogens is 2.